The molecule has 0 aliphatic heterocycles. The predicted molar refractivity (Wildman–Crippen MR) is 127 cm³/mol. The Hall–Kier alpha value is -4.52. The van der Waals surface area contributed by atoms with Gasteiger partial charge in [0.05, 0.1) is 17.3 Å². The fourth-order valence-electron chi connectivity index (χ4n) is 3.68. The number of hydrogen-bond acceptors (Lipinski definition) is 5. The number of pyridine rings is 2. The lowest BCUT2D eigenvalue weighted by Crippen LogP contribution is -2.14. The molecule has 0 atom stereocenters. The molecule has 3 aromatic heterocycles. The van der Waals surface area contributed by atoms with Crippen molar-refractivity contribution in [2.24, 2.45) is 0 Å². The van der Waals surface area contributed by atoms with Crippen molar-refractivity contribution in [2.45, 2.75) is 13.5 Å². The maximum atomic E-state index is 12.7. The highest BCUT2D eigenvalue weighted by Gasteiger charge is 2.13. The van der Waals surface area contributed by atoms with Gasteiger partial charge in [-0.25, -0.2) is 9.97 Å². The number of carbonyl (C=O) groups is 1. The maximum absolute atomic E-state index is 12.7. The molecule has 0 saturated carbocycles. The van der Waals surface area contributed by atoms with E-state index in [2.05, 4.69) is 24.8 Å². The fraction of sp³-hybridized carbons (Fsp3) is 0.0769. The zero-order valence-electron chi connectivity index (χ0n) is 18.0. The number of carbonyl (C=O) groups excluding carboxylic acids is 1. The van der Waals surface area contributed by atoms with Crippen LogP contribution in [0.3, 0.4) is 0 Å². The highest BCUT2D eigenvalue weighted by molar-refractivity contribution is 6.05. The molecule has 5 aromatic rings. The largest absolute Gasteiger partial charge is 0.488 e. The van der Waals surface area contributed by atoms with Crippen molar-refractivity contribution in [1.82, 2.24) is 19.5 Å². The zero-order valence-corrected chi connectivity index (χ0v) is 18.0. The van der Waals surface area contributed by atoms with E-state index in [0.717, 1.165) is 28.1 Å². The number of aromatic nitrogens is 4. The molecule has 0 aliphatic carbocycles. The summed E-state index contributed by atoms with van der Waals surface area (Å²) in [6, 6.07) is 22.6. The van der Waals surface area contributed by atoms with E-state index < -0.39 is 0 Å². The molecule has 0 fully saturated rings. The van der Waals surface area contributed by atoms with E-state index in [1.807, 2.05) is 55.5 Å². The Kier molecular flexibility index (Phi) is 5.51. The number of nitrogens with zero attached hydrogens (tertiary/aromatic N) is 4. The summed E-state index contributed by atoms with van der Waals surface area (Å²) in [5.74, 6) is 1.64. The third kappa shape index (κ3) is 4.29. The number of ether oxygens (including phenoxy) is 1. The van der Waals surface area contributed by atoms with Crippen LogP contribution in [0.25, 0.3) is 16.7 Å². The highest BCUT2D eigenvalue weighted by atomic mass is 16.5. The Balaban J connectivity index is 1.31. The van der Waals surface area contributed by atoms with Gasteiger partial charge in [-0.1, -0.05) is 30.3 Å². The molecule has 0 bridgehead atoms. The van der Waals surface area contributed by atoms with Crippen LogP contribution < -0.4 is 10.1 Å². The average molecular weight is 435 g/mol. The summed E-state index contributed by atoms with van der Waals surface area (Å²) < 4.78 is 8.09. The fourth-order valence-corrected chi connectivity index (χ4v) is 3.68. The van der Waals surface area contributed by atoms with Crippen LogP contribution in [0, 0.1) is 6.92 Å². The molecule has 1 amide bonds. The number of benzene rings is 2. The van der Waals surface area contributed by atoms with Gasteiger partial charge in [-0.05, 0) is 55.0 Å². The number of imidazole rings is 1. The molecule has 162 valence electrons. The standard InChI is InChI=1S/C26H21N5O2/c1-18-29-22-16-27-15-13-23(22)31(18)20-11-9-19(10-12-20)17-33-24-7-3-2-6-21(24)26(32)30-25-8-4-5-14-28-25/h2-16H,17H2,1H3,(H,28,30,32). The van der Waals surface area contributed by atoms with E-state index in [-0.39, 0.29) is 5.91 Å². The van der Waals surface area contributed by atoms with Crippen LogP contribution in [0.15, 0.2) is 91.4 Å². The minimum absolute atomic E-state index is 0.267. The van der Waals surface area contributed by atoms with Crippen LogP contribution in [0.1, 0.15) is 21.7 Å². The molecule has 5 rings (SSSR count). The zero-order chi connectivity index (χ0) is 22.6. The smallest absolute Gasteiger partial charge is 0.260 e. The van der Waals surface area contributed by atoms with Crippen molar-refractivity contribution in [3.63, 3.8) is 0 Å². The molecule has 3 heterocycles. The molecule has 0 aliphatic rings. The quantitative estimate of drug-likeness (QED) is 0.408. The number of anilines is 1. The second kappa shape index (κ2) is 8.92. The van der Waals surface area contributed by atoms with Crippen molar-refractivity contribution in [1.29, 1.82) is 0 Å². The topological polar surface area (TPSA) is 81.9 Å². The lowest BCUT2D eigenvalue weighted by molar-refractivity contribution is 0.102. The van der Waals surface area contributed by atoms with E-state index in [1.165, 1.54) is 0 Å². The average Bonchev–Trinajstić information content (AvgIpc) is 3.19. The maximum Gasteiger partial charge on any atom is 0.260 e. The van der Waals surface area contributed by atoms with E-state index >= 15 is 0 Å². The summed E-state index contributed by atoms with van der Waals surface area (Å²) >= 11 is 0. The van der Waals surface area contributed by atoms with E-state index in [9.17, 15) is 4.79 Å². The Bertz CT molecular complexity index is 1410. The summed E-state index contributed by atoms with van der Waals surface area (Å²) in [6.45, 7) is 2.31. The second-order valence-electron chi connectivity index (χ2n) is 7.48. The summed E-state index contributed by atoms with van der Waals surface area (Å²) in [7, 11) is 0. The number of amides is 1. The molecule has 7 nitrogen and oxygen atoms in total. The molecule has 2 aromatic carbocycles. The van der Waals surface area contributed by atoms with Crippen molar-refractivity contribution in [3.05, 3.63) is 108 Å². The predicted octanol–water partition coefficient (Wildman–Crippen LogP) is 4.96. The monoisotopic (exact) mass is 435 g/mol. The van der Waals surface area contributed by atoms with Crippen LogP contribution in [-0.4, -0.2) is 25.4 Å². The van der Waals surface area contributed by atoms with Gasteiger partial charge in [0.1, 0.15) is 29.5 Å². The number of rotatable bonds is 6. The summed E-state index contributed by atoms with van der Waals surface area (Å²) in [5.41, 5.74) is 4.33. The number of nitrogens with one attached hydrogen (secondary N) is 1. The molecule has 7 heteroatoms. The normalized spacial score (nSPS) is 10.8. The van der Waals surface area contributed by atoms with Gasteiger partial charge in [-0.15, -0.1) is 0 Å². The van der Waals surface area contributed by atoms with Gasteiger partial charge in [-0.3, -0.25) is 14.3 Å². The molecule has 0 saturated heterocycles. The molecule has 0 unspecified atom stereocenters. The molecule has 0 radical (unpaired) electrons. The van der Waals surface area contributed by atoms with E-state index in [1.54, 1.807) is 42.9 Å². The van der Waals surface area contributed by atoms with Crippen molar-refractivity contribution >= 4 is 22.8 Å². The summed E-state index contributed by atoms with van der Waals surface area (Å²) in [4.78, 5) is 25.6. The first kappa shape index (κ1) is 20.4. The third-order valence-electron chi connectivity index (χ3n) is 5.25. The number of para-hydroxylation sites is 1. The van der Waals surface area contributed by atoms with Gasteiger partial charge in [0.25, 0.3) is 5.91 Å². The number of aryl methyl sites for hydroxylation is 1. The van der Waals surface area contributed by atoms with Crippen molar-refractivity contribution in [2.75, 3.05) is 5.32 Å². The SMILES string of the molecule is Cc1nc2cnccc2n1-c1ccc(COc2ccccc2C(=O)Nc2ccccn2)cc1. The van der Waals surface area contributed by atoms with Gasteiger partial charge in [0.2, 0.25) is 0 Å². The van der Waals surface area contributed by atoms with Crippen LogP contribution >= 0.6 is 0 Å². The molecule has 0 spiro atoms. The molecular weight excluding hydrogens is 414 g/mol. The second-order valence-corrected chi connectivity index (χ2v) is 7.48. The lowest BCUT2D eigenvalue weighted by atomic mass is 10.1. The Morgan fingerprint density at radius 1 is 0.970 bits per heavy atom. The first-order chi connectivity index (χ1) is 16.2. The Labute approximate surface area is 190 Å². The number of hydrogen-bond donors (Lipinski definition) is 1. The van der Waals surface area contributed by atoms with Crippen LogP contribution in [0.4, 0.5) is 5.82 Å². The highest BCUT2D eigenvalue weighted by Crippen LogP contribution is 2.23. The summed E-state index contributed by atoms with van der Waals surface area (Å²) in [5, 5.41) is 2.80. The van der Waals surface area contributed by atoms with Gasteiger partial charge >= 0.3 is 0 Å². The molecule has 33 heavy (non-hydrogen) atoms. The van der Waals surface area contributed by atoms with Gasteiger partial charge in [-0.2, -0.15) is 0 Å². The van der Waals surface area contributed by atoms with Crippen LogP contribution in [-0.2, 0) is 6.61 Å². The molecule has 1 N–H and O–H groups in total. The summed E-state index contributed by atoms with van der Waals surface area (Å²) in [6.07, 6.45) is 5.17. The lowest BCUT2D eigenvalue weighted by Gasteiger charge is -2.12. The first-order valence-electron chi connectivity index (χ1n) is 10.5. The van der Waals surface area contributed by atoms with E-state index in [0.29, 0.717) is 23.7 Å². The van der Waals surface area contributed by atoms with Crippen LogP contribution in [0.5, 0.6) is 5.75 Å². The Morgan fingerprint density at radius 2 is 1.79 bits per heavy atom. The third-order valence-corrected chi connectivity index (χ3v) is 5.25. The minimum atomic E-state index is -0.267. The van der Waals surface area contributed by atoms with Gasteiger partial charge < -0.3 is 10.1 Å². The molecular formula is C26H21N5O2. The van der Waals surface area contributed by atoms with Crippen LogP contribution in [0.2, 0.25) is 0 Å². The van der Waals surface area contributed by atoms with Gasteiger partial charge in [0, 0.05) is 18.1 Å². The minimum Gasteiger partial charge on any atom is -0.488 e. The first-order valence-corrected chi connectivity index (χ1v) is 10.5. The number of fused-ring (bicyclic) bond motifs is 1. The van der Waals surface area contributed by atoms with E-state index in [4.69, 9.17) is 4.74 Å². The Morgan fingerprint density at radius 3 is 2.61 bits per heavy atom. The van der Waals surface area contributed by atoms with Crippen molar-refractivity contribution in [3.8, 4) is 11.4 Å². The van der Waals surface area contributed by atoms with Gasteiger partial charge in [0.15, 0.2) is 0 Å². The van der Waals surface area contributed by atoms with Crippen molar-refractivity contribution < 1.29 is 9.53 Å².